The van der Waals surface area contributed by atoms with Gasteiger partial charge in [-0.2, -0.15) is 0 Å². The van der Waals surface area contributed by atoms with Crippen molar-refractivity contribution in [2.45, 2.75) is 63.8 Å². The molecule has 5 fully saturated rings. The van der Waals surface area contributed by atoms with Crippen LogP contribution >= 0.6 is 0 Å². The Labute approximate surface area is 184 Å². The molecular formula is C26H34N2O3. The molecule has 166 valence electrons. The molecule has 0 aromatic heterocycles. The minimum absolute atomic E-state index is 0.0365. The molecule has 31 heavy (non-hydrogen) atoms. The molecule has 1 aromatic carbocycles. The Bertz CT molecular complexity index is 846. The average Bonchev–Trinajstić information content (AvgIpc) is 3.26. The van der Waals surface area contributed by atoms with Gasteiger partial charge in [-0.15, -0.1) is 0 Å². The maximum Gasteiger partial charge on any atom is 0.242 e. The number of amides is 2. The van der Waals surface area contributed by atoms with Crippen LogP contribution in [0.15, 0.2) is 24.3 Å². The summed E-state index contributed by atoms with van der Waals surface area (Å²) in [6.45, 7) is 2.00. The number of fused-ring (bicyclic) bond motifs is 1. The summed E-state index contributed by atoms with van der Waals surface area (Å²) in [6.07, 6.45) is 9.89. The normalized spacial score (nSPS) is 37.9. The molecule has 1 saturated heterocycles. The summed E-state index contributed by atoms with van der Waals surface area (Å²) in [6, 6.07) is 7.87. The smallest absolute Gasteiger partial charge is 0.242 e. The molecular weight excluding hydrogens is 388 g/mol. The van der Waals surface area contributed by atoms with Gasteiger partial charge in [-0.05, 0) is 87.2 Å². The first kappa shape index (κ1) is 19.6. The third-order valence-corrected chi connectivity index (χ3v) is 8.83. The fourth-order valence-corrected chi connectivity index (χ4v) is 7.84. The molecule has 5 nitrogen and oxygen atoms in total. The van der Waals surface area contributed by atoms with Gasteiger partial charge in [0.25, 0.3) is 0 Å². The number of hydrogen-bond acceptors (Lipinski definition) is 3. The molecule has 5 heteroatoms. The number of nitrogens with one attached hydrogen (secondary N) is 1. The molecule has 2 amide bonds. The van der Waals surface area contributed by atoms with Crippen LogP contribution in [0.3, 0.4) is 0 Å². The predicted molar refractivity (Wildman–Crippen MR) is 117 cm³/mol. The van der Waals surface area contributed by atoms with Crippen molar-refractivity contribution < 1.29 is 14.3 Å². The molecule has 2 aliphatic heterocycles. The lowest BCUT2D eigenvalue weighted by Crippen LogP contribution is -2.57. The summed E-state index contributed by atoms with van der Waals surface area (Å²) >= 11 is 0. The first-order chi connectivity index (χ1) is 15.1. The maximum absolute atomic E-state index is 13.8. The van der Waals surface area contributed by atoms with Crippen molar-refractivity contribution in [1.82, 2.24) is 10.2 Å². The third-order valence-electron chi connectivity index (χ3n) is 8.83. The zero-order valence-electron chi connectivity index (χ0n) is 18.4. The standard InChI is InChI=1S/C26H34N2O3/c29-24(27-15-20-11-21-4-1-2-6-23(21)31-16-20)22-5-3-7-28(22)25(30)26-12-17-8-18(13-26)10-19(9-17)14-26/h1-2,4,6,17-20,22H,3,5,7-16H2,(H,27,29). The van der Waals surface area contributed by atoms with E-state index in [-0.39, 0.29) is 23.3 Å². The lowest BCUT2D eigenvalue weighted by Gasteiger charge is -2.56. The van der Waals surface area contributed by atoms with Crippen molar-refractivity contribution in [2.75, 3.05) is 19.7 Å². The monoisotopic (exact) mass is 422 g/mol. The Balaban J connectivity index is 1.09. The highest BCUT2D eigenvalue weighted by atomic mass is 16.5. The van der Waals surface area contributed by atoms with Gasteiger partial charge in [0.1, 0.15) is 11.8 Å². The molecule has 0 spiro atoms. The van der Waals surface area contributed by atoms with Gasteiger partial charge in [-0.25, -0.2) is 0 Å². The molecule has 7 rings (SSSR count). The first-order valence-electron chi connectivity index (χ1n) is 12.4. The number of likely N-dealkylation sites (tertiary alicyclic amines) is 1. The number of ether oxygens (including phenoxy) is 1. The SMILES string of the molecule is O=C(NCC1COc2ccccc2C1)C1CCCN1C(=O)C12CC3CC(CC(C3)C1)C2. The van der Waals surface area contributed by atoms with E-state index in [0.717, 1.165) is 68.6 Å². The van der Waals surface area contributed by atoms with Crippen LogP contribution < -0.4 is 10.1 Å². The van der Waals surface area contributed by atoms with Crippen LogP contribution in [0, 0.1) is 29.1 Å². The highest BCUT2D eigenvalue weighted by Gasteiger charge is 2.56. The van der Waals surface area contributed by atoms with Gasteiger partial charge in [-0.1, -0.05) is 18.2 Å². The minimum Gasteiger partial charge on any atom is -0.493 e. The van der Waals surface area contributed by atoms with E-state index in [9.17, 15) is 9.59 Å². The van der Waals surface area contributed by atoms with Gasteiger partial charge in [0, 0.05) is 19.0 Å². The van der Waals surface area contributed by atoms with E-state index in [1.165, 1.54) is 24.8 Å². The predicted octanol–water partition coefficient (Wildman–Crippen LogP) is 3.56. The molecule has 2 unspecified atom stereocenters. The van der Waals surface area contributed by atoms with E-state index in [0.29, 0.717) is 19.1 Å². The van der Waals surface area contributed by atoms with Crippen molar-refractivity contribution in [3.8, 4) is 5.75 Å². The fourth-order valence-electron chi connectivity index (χ4n) is 7.84. The van der Waals surface area contributed by atoms with Gasteiger partial charge >= 0.3 is 0 Å². The fraction of sp³-hybridized carbons (Fsp3) is 0.692. The summed E-state index contributed by atoms with van der Waals surface area (Å²) in [5.41, 5.74) is 1.06. The molecule has 4 aliphatic carbocycles. The summed E-state index contributed by atoms with van der Waals surface area (Å²) in [5, 5.41) is 3.17. The van der Waals surface area contributed by atoms with E-state index >= 15 is 0 Å². The van der Waals surface area contributed by atoms with E-state index in [1.807, 2.05) is 23.1 Å². The van der Waals surface area contributed by atoms with Crippen LogP contribution in [-0.2, 0) is 16.0 Å². The molecule has 1 aromatic rings. The lowest BCUT2D eigenvalue weighted by atomic mass is 9.49. The molecule has 0 radical (unpaired) electrons. The van der Waals surface area contributed by atoms with Gasteiger partial charge < -0.3 is 15.0 Å². The summed E-state index contributed by atoms with van der Waals surface area (Å²) in [5.74, 6) is 3.84. The number of nitrogens with zero attached hydrogens (tertiary/aromatic N) is 1. The van der Waals surface area contributed by atoms with Crippen LogP contribution in [0.25, 0.3) is 0 Å². The second kappa shape index (κ2) is 7.53. The van der Waals surface area contributed by atoms with Crippen molar-refractivity contribution in [1.29, 1.82) is 0 Å². The summed E-state index contributed by atoms with van der Waals surface area (Å²) < 4.78 is 5.88. The Morgan fingerprint density at radius 3 is 2.52 bits per heavy atom. The molecule has 2 heterocycles. The quantitative estimate of drug-likeness (QED) is 0.807. The Morgan fingerprint density at radius 2 is 1.77 bits per heavy atom. The Kier molecular flexibility index (Phi) is 4.77. The third kappa shape index (κ3) is 3.44. The number of rotatable bonds is 4. The van der Waals surface area contributed by atoms with Crippen LogP contribution in [-0.4, -0.2) is 42.5 Å². The zero-order chi connectivity index (χ0) is 21.0. The topological polar surface area (TPSA) is 58.6 Å². The van der Waals surface area contributed by atoms with Gasteiger partial charge in [-0.3, -0.25) is 9.59 Å². The summed E-state index contributed by atoms with van der Waals surface area (Å²) in [4.78, 5) is 28.9. The number of para-hydroxylation sites is 1. The van der Waals surface area contributed by atoms with Gasteiger partial charge in [0.15, 0.2) is 0 Å². The van der Waals surface area contributed by atoms with Crippen LogP contribution in [0.4, 0.5) is 0 Å². The molecule has 1 N–H and O–H groups in total. The van der Waals surface area contributed by atoms with Gasteiger partial charge in [0.2, 0.25) is 11.8 Å². The zero-order valence-corrected chi connectivity index (χ0v) is 18.4. The van der Waals surface area contributed by atoms with Crippen LogP contribution in [0.5, 0.6) is 5.75 Å². The van der Waals surface area contributed by atoms with Crippen molar-refractivity contribution >= 4 is 11.8 Å². The highest BCUT2D eigenvalue weighted by molar-refractivity contribution is 5.91. The van der Waals surface area contributed by atoms with Gasteiger partial charge in [0.05, 0.1) is 12.0 Å². The van der Waals surface area contributed by atoms with Crippen molar-refractivity contribution in [3.05, 3.63) is 29.8 Å². The number of carbonyl (C=O) groups is 2. The second-order valence-corrected chi connectivity index (χ2v) is 11.1. The summed E-state index contributed by atoms with van der Waals surface area (Å²) in [7, 11) is 0. The van der Waals surface area contributed by atoms with Crippen LogP contribution in [0.2, 0.25) is 0 Å². The molecule has 2 atom stereocenters. The van der Waals surface area contributed by atoms with E-state index in [4.69, 9.17) is 4.74 Å². The number of carbonyl (C=O) groups excluding carboxylic acids is 2. The van der Waals surface area contributed by atoms with E-state index < -0.39 is 0 Å². The Hall–Kier alpha value is -2.04. The molecule has 4 saturated carbocycles. The van der Waals surface area contributed by atoms with Crippen molar-refractivity contribution in [3.63, 3.8) is 0 Å². The van der Waals surface area contributed by atoms with E-state index in [1.54, 1.807) is 0 Å². The molecule has 6 aliphatic rings. The van der Waals surface area contributed by atoms with Crippen LogP contribution in [0.1, 0.15) is 56.9 Å². The maximum atomic E-state index is 13.8. The van der Waals surface area contributed by atoms with E-state index in [2.05, 4.69) is 11.4 Å². The highest BCUT2D eigenvalue weighted by Crippen LogP contribution is 2.60. The first-order valence-corrected chi connectivity index (χ1v) is 12.4. The second-order valence-electron chi connectivity index (χ2n) is 11.1. The van der Waals surface area contributed by atoms with Crippen molar-refractivity contribution in [2.24, 2.45) is 29.1 Å². The number of hydrogen-bond donors (Lipinski definition) is 1. The lowest BCUT2D eigenvalue weighted by molar-refractivity contribution is -0.160. The minimum atomic E-state index is -0.280. The average molecular weight is 423 g/mol. The molecule has 4 bridgehead atoms. The number of benzene rings is 1. The largest absolute Gasteiger partial charge is 0.493 e. The Morgan fingerprint density at radius 1 is 1.06 bits per heavy atom.